The molecule has 3 aliphatic rings. The molecule has 0 aromatic heterocycles. The van der Waals surface area contributed by atoms with Gasteiger partial charge in [0.2, 0.25) is 0 Å². The van der Waals surface area contributed by atoms with Gasteiger partial charge in [0.1, 0.15) is 0 Å². The van der Waals surface area contributed by atoms with E-state index in [4.69, 9.17) is 14.2 Å². The molecule has 3 aliphatic heterocycles. The molecule has 3 rings (SSSR count). The second kappa shape index (κ2) is 6.45. The van der Waals surface area contributed by atoms with Crippen molar-refractivity contribution >= 4 is 11.8 Å². The van der Waals surface area contributed by atoms with Crippen LogP contribution in [-0.4, -0.2) is 36.8 Å². The van der Waals surface area contributed by atoms with Crippen molar-refractivity contribution < 1.29 is 14.2 Å². The summed E-state index contributed by atoms with van der Waals surface area (Å²) in [6, 6.07) is 2.30. The maximum Gasteiger partial charge on any atom is 0.293 e. The highest BCUT2D eigenvalue weighted by Gasteiger charge is 2.58. The number of rotatable bonds is 7. The van der Waals surface area contributed by atoms with Gasteiger partial charge in [0.15, 0.2) is 6.10 Å². The van der Waals surface area contributed by atoms with Crippen molar-refractivity contribution in [3.8, 4) is 6.07 Å². The molecule has 0 aromatic rings. The lowest BCUT2D eigenvalue weighted by Gasteiger charge is -2.54. The van der Waals surface area contributed by atoms with Crippen molar-refractivity contribution in [3.05, 3.63) is 0 Å². The summed E-state index contributed by atoms with van der Waals surface area (Å²) in [7, 11) is 0. The summed E-state index contributed by atoms with van der Waals surface area (Å²) >= 11 is 1.77. The van der Waals surface area contributed by atoms with Crippen LogP contribution in [0.25, 0.3) is 0 Å². The monoisotopic (exact) mass is 285 g/mol. The number of hydrogen-bond donors (Lipinski definition) is 0. The Morgan fingerprint density at radius 3 is 2.58 bits per heavy atom. The highest BCUT2D eigenvalue weighted by Crippen LogP contribution is 2.46. The van der Waals surface area contributed by atoms with E-state index in [1.165, 1.54) is 12.8 Å². The van der Waals surface area contributed by atoms with Crippen LogP contribution in [0.4, 0.5) is 0 Å². The lowest BCUT2D eigenvalue weighted by atomic mass is 9.78. The number of nitrogens with zero attached hydrogens (tertiary/aromatic N) is 1. The summed E-state index contributed by atoms with van der Waals surface area (Å²) in [5.41, 5.74) is -0.265. The third-order valence-electron chi connectivity index (χ3n) is 3.80. The Hall–Kier alpha value is -0.280. The Morgan fingerprint density at radius 2 is 2.00 bits per heavy atom. The van der Waals surface area contributed by atoms with Gasteiger partial charge in [-0.25, -0.2) is 0 Å². The van der Waals surface area contributed by atoms with Crippen LogP contribution < -0.4 is 0 Å². The van der Waals surface area contributed by atoms with Gasteiger partial charge in [0.25, 0.3) is 5.97 Å². The average molecular weight is 285 g/mol. The Balaban J connectivity index is 1.95. The summed E-state index contributed by atoms with van der Waals surface area (Å²) in [5, 5.41) is 9.34. The van der Waals surface area contributed by atoms with E-state index in [9.17, 15) is 5.26 Å². The second-order valence-electron chi connectivity index (χ2n) is 5.41. The molecule has 1 unspecified atom stereocenters. The van der Waals surface area contributed by atoms with Gasteiger partial charge in [-0.2, -0.15) is 17.0 Å². The topological polar surface area (TPSA) is 51.5 Å². The van der Waals surface area contributed by atoms with Crippen LogP contribution in [0.3, 0.4) is 0 Å². The molecule has 0 amide bonds. The number of fused-ring (bicyclic) bond motifs is 3. The highest BCUT2D eigenvalue weighted by molar-refractivity contribution is 7.99. The first-order valence-electron chi connectivity index (χ1n) is 7.13. The third-order valence-corrected chi connectivity index (χ3v) is 4.93. The third kappa shape index (κ3) is 3.08. The summed E-state index contributed by atoms with van der Waals surface area (Å²) in [5.74, 6) is 0.743. The normalized spacial score (nSPS) is 37.2. The van der Waals surface area contributed by atoms with E-state index in [-0.39, 0.29) is 5.41 Å². The van der Waals surface area contributed by atoms with E-state index in [2.05, 4.69) is 19.9 Å². The Morgan fingerprint density at radius 1 is 1.26 bits per heavy atom. The van der Waals surface area contributed by atoms with E-state index < -0.39 is 12.1 Å². The molecule has 19 heavy (non-hydrogen) atoms. The van der Waals surface area contributed by atoms with Gasteiger partial charge in [0, 0.05) is 0 Å². The van der Waals surface area contributed by atoms with E-state index in [1.54, 1.807) is 11.8 Å². The fraction of sp³-hybridized carbons (Fsp3) is 0.929. The molecule has 108 valence electrons. The van der Waals surface area contributed by atoms with Crippen LogP contribution in [0, 0.1) is 16.7 Å². The smallest absolute Gasteiger partial charge is 0.293 e. The van der Waals surface area contributed by atoms with E-state index in [0.717, 1.165) is 18.6 Å². The minimum Gasteiger partial charge on any atom is -0.326 e. The predicted molar refractivity (Wildman–Crippen MR) is 74.7 cm³/mol. The molecule has 3 saturated heterocycles. The summed E-state index contributed by atoms with van der Waals surface area (Å²) in [6.07, 6.45) is 3.88. The lowest BCUT2D eigenvalue weighted by molar-refractivity contribution is -0.470. The molecule has 1 atom stereocenters. The number of ether oxygens (including phenoxy) is 3. The summed E-state index contributed by atoms with van der Waals surface area (Å²) < 4.78 is 17.5. The molecule has 5 heteroatoms. The van der Waals surface area contributed by atoms with Crippen LogP contribution in [0.2, 0.25) is 0 Å². The fourth-order valence-electron chi connectivity index (χ4n) is 2.61. The van der Waals surface area contributed by atoms with Gasteiger partial charge in [-0.05, 0) is 18.6 Å². The van der Waals surface area contributed by atoms with Crippen molar-refractivity contribution in [2.45, 2.75) is 51.6 Å². The van der Waals surface area contributed by atoms with Crippen molar-refractivity contribution in [3.63, 3.8) is 0 Å². The van der Waals surface area contributed by atoms with Gasteiger partial charge in [-0.3, -0.25) is 0 Å². The minimum absolute atomic E-state index is 0.265. The van der Waals surface area contributed by atoms with Crippen LogP contribution in [0.5, 0.6) is 0 Å². The first-order chi connectivity index (χ1) is 9.20. The standard InChI is InChI=1S/C14H23NO3S/c1-3-5-7-19-11-14-16-9-13(6-4-2,10-17-14)12(8-15)18-14/h12H,3-7,9-11H2,1-2H3. The lowest BCUT2D eigenvalue weighted by Crippen LogP contribution is -2.65. The molecule has 0 radical (unpaired) electrons. The predicted octanol–water partition coefficient (Wildman–Crippen LogP) is 2.93. The molecule has 2 bridgehead atoms. The minimum atomic E-state index is -0.978. The van der Waals surface area contributed by atoms with Crippen LogP contribution in [0.1, 0.15) is 39.5 Å². The van der Waals surface area contributed by atoms with Gasteiger partial charge >= 0.3 is 0 Å². The SMILES string of the molecule is CCCCSCC12OCC(CCC)(CO1)C(C#N)O2. The molecule has 0 spiro atoms. The van der Waals surface area contributed by atoms with Crippen LogP contribution in [0.15, 0.2) is 0 Å². The van der Waals surface area contributed by atoms with E-state index >= 15 is 0 Å². The molecular weight excluding hydrogens is 262 g/mol. The van der Waals surface area contributed by atoms with Crippen molar-refractivity contribution in [1.29, 1.82) is 5.26 Å². The first kappa shape index (κ1) is 15.1. The maximum absolute atomic E-state index is 9.34. The number of nitriles is 1. The highest BCUT2D eigenvalue weighted by atomic mass is 32.2. The Bertz CT molecular complexity index is 329. The molecule has 0 saturated carbocycles. The average Bonchev–Trinajstić information content (AvgIpc) is 2.45. The molecule has 4 nitrogen and oxygen atoms in total. The molecule has 3 fully saturated rings. The first-order valence-corrected chi connectivity index (χ1v) is 8.29. The zero-order chi connectivity index (χ0) is 13.8. The summed E-state index contributed by atoms with van der Waals surface area (Å²) in [6.45, 7) is 5.44. The quantitative estimate of drug-likeness (QED) is 0.673. The Kier molecular flexibility index (Phi) is 5.13. The largest absolute Gasteiger partial charge is 0.326 e. The van der Waals surface area contributed by atoms with Crippen molar-refractivity contribution in [1.82, 2.24) is 0 Å². The van der Waals surface area contributed by atoms with Gasteiger partial charge in [-0.1, -0.05) is 26.7 Å². The number of unbranched alkanes of at least 4 members (excludes halogenated alkanes) is 1. The van der Waals surface area contributed by atoms with Gasteiger partial charge in [-0.15, -0.1) is 0 Å². The molecule has 0 aliphatic carbocycles. The summed E-state index contributed by atoms with van der Waals surface area (Å²) in [4.78, 5) is 0. The molecule has 3 heterocycles. The fourth-order valence-corrected chi connectivity index (χ4v) is 3.73. The number of thioether (sulfide) groups is 1. The molecule has 0 aromatic carbocycles. The van der Waals surface area contributed by atoms with E-state index in [1.807, 2.05) is 0 Å². The van der Waals surface area contributed by atoms with Gasteiger partial charge < -0.3 is 14.2 Å². The van der Waals surface area contributed by atoms with Crippen LogP contribution in [-0.2, 0) is 14.2 Å². The molecule has 0 N–H and O–H groups in total. The second-order valence-corrected chi connectivity index (χ2v) is 6.51. The van der Waals surface area contributed by atoms with E-state index in [0.29, 0.717) is 19.0 Å². The van der Waals surface area contributed by atoms with Crippen molar-refractivity contribution in [2.24, 2.45) is 5.41 Å². The van der Waals surface area contributed by atoms with Crippen LogP contribution >= 0.6 is 11.8 Å². The Labute approximate surface area is 119 Å². The maximum atomic E-state index is 9.34. The zero-order valence-corrected chi connectivity index (χ0v) is 12.6. The van der Waals surface area contributed by atoms with Crippen molar-refractivity contribution in [2.75, 3.05) is 24.7 Å². The molecular formula is C14H23NO3S. The zero-order valence-electron chi connectivity index (χ0n) is 11.8. The number of hydrogen-bond acceptors (Lipinski definition) is 5. The van der Waals surface area contributed by atoms with Gasteiger partial charge in [0.05, 0.1) is 30.5 Å².